The molecule has 1 aliphatic heterocycles. The first kappa shape index (κ1) is 12.5. The van der Waals surface area contributed by atoms with Gasteiger partial charge in [-0.2, -0.15) is 5.10 Å². The highest BCUT2D eigenvalue weighted by Gasteiger charge is 2.16. The van der Waals surface area contributed by atoms with Gasteiger partial charge in [0.2, 0.25) is 0 Å². The molecule has 0 spiro atoms. The molecule has 0 aliphatic carbocycles. The Hall–Kier alpha value is -2.50. The van der Waals surface area contributed by atoms with Gasteiger partial charge in [-0.15, -0.1) is 0 Å². The molecule has 4 N–H and O–H groups in total. The van der Waals surface area contributed by atoms with Crippen LogP contribution in [0, 0.1) is 6.92 Å². The highest BCUT2D eigenvalue weighted by molar-refractivity contribution is 5.98. The lowest BCUT2D eigenvalue weighted by Gasteiger charge is -2.06. The van der Waals surface area contributed by atoms with Crippen LogP contribution in [-0.4, -0.2) is 22.7 Å². The van der Waals surface area contributed by atoms with Crippen LogP contribution < -0.4 is 15.8 Å². The minimum atomic E-state index is -0.485. The van der Waals surface area contributed by atoms with Gasteiger partial charge in [0.15, 0.2) is 5.82 Å². The molecule has 0 radical (unpaired) electrons. The molecular formula is C14H16N4O2. The average Bonchev–Trinajstić information content (AvgIpc) is 3.01. The second-order valence-corrected chi connectivity index (χ2v) is 4.83. The third-order valence-electron chi connectivity index (χ3n) is 3.41. The number of nitrogens with zero attached hydrogens (tertiary/aromatic N) is 1. The van der Waals surface area contributed by atoms with Crippen LogP contribution in [0.4, 0.5) is 5.82 Å². The molecule has 1 aromatic heterocycles. The van der Waals surface area contributed by atoms with Gasteiger partial charge in [-0.05, 0) is 24.1 Å². The Bertz CT molecular complexity index is 663. The fraction of sp³-hybridized carbons (Fsp3) is 0.286. The lowest BCUT2D eigenvalue weighted by molar-refractivity contribution is 0.100. The van der Waals surface area contributed by atoms with Crippen LogP contribution in [0.15, 0.2) is 18.2 Å². The van der Waals surface area contributed by atoms with E-state index in [9.17, 15) is 4.79 Å². The number of carbonyl (C=O) groups is 1. The topological polar surface area (TPSA) is 93.0 Å². The Kier molecular flexibility index (Phi) is 3.06. The zero-order chi connectivity index (χ0) is 14.1. The Balaban J connectivity index is 1.75. The van der Waals surface area contributed by atoms with Gasteiger partial charge in [0.05, 0.1) is 6.61 Å². The number of hydrogen-bond donors (Lipinski definition) is 3. The van der Waals surface area contributed by atoms with Crippen molar-refractivity contribution in [3.63, 3.8) is 0 Å². The molecule has 1 amide bonds. The van der Waals surface area contributed by atoms with E-state index in [-0.39, 0.29) is 0 Å². The first-order valence-electron chi connectivity index (χ1n) is 6.48. The second-order valence-electron chi connectivity index (χ2n) is 4.83. The number of aromatic nitrogens is 2. The average molecular weight is 272 g/mol. The van der Waals surface area contributed by atoms with Crippen LogP contribution in [-0.2, 0) is 13.0 Å². The number of rotatable bonds is 4. The third-order valence-corrected chi connectivity index (χ3v) is 3.41. The number of nitrogens with two attached hydrogens (primary N) is 1. The predicted octanol–water partition coefficient (Wildman–Crippen LogP) is 1.36. The number of benzene rings is 1. The number of anilines is 1. The quantitative estimate of drug-likeness (QED) is 0.783. The van der Waals surface area contributed by atoms with Crippen LogP contribution in [0.1, 0.15) is 27.2 Å². The summed E-state index contributed by atoms with van der Waals surface area (Å²) in [4.78, 5) is 11.4. The molecular weight excluding hydrogens is 256 g/mol. The Morgan fingerprint density at radius 2 is 2.40 bits per heavy atom. The molecule has 104 valence electrons. The van der Waals surface area contributed by atoms with Gasteiger partial charge >= 0.3 is 0 Å². The Morgan fingerprint density at radius 3 is 3.20 bits per heavy atom. The van der Waals surface area contributed by atoms with Crippen LogP contribution in [0.2, 0.25) is 0 Å². The number of nitrogens with one attached hydrogen (secondary N) is 2. The van der Waals surface area contributed by atoms with Gasteiger partial charge in [0, 0.05) is 18.7 Å². The van der Waals surface area contributed by atoms with Crippen molar-refractivity contribution in [2.45, 2.75) is 19.9 Å². The maximum absolute atomic E-state index is 11.4. The van der Waals surface area contributed by atoms with Crippen molar-refractivity contribution in [1.29, 1.82) is 0 Å². The molecule has 20 heavy (non-hydrogen) atoms. The van der Waals surface area contributed by atoms with Gasteiger partial charge in [-0.1, -0.05) is 12.1 Å². The summed E-state index contributed by atoms with van der Waals surface area (Å²) >= 11 is 0. The maximum Gasteiger partial charge on any atom is 0.254 e. The fourth-order valence-electron chi connectivity index (χ4n) is 2.39. The number of primary amides is 1. The number of amides is 1. The van der Waals surface area contributed by atoms with Crippen LogP contribution >= 0.6 is 0 Å². The van der Waals surface area contributed by atoms with Crippen molar-refractivity contribution < 1.29 is 9.53 Å². The number of ether oxygens (including phenoxy) is 1. The minimum Gasteiger partial charge on any atom is -0.493 e. The zero-order valence-corrected chi connectivity index (χ0v) is 11.2. The molecule has 1 aromatic carbocycles. The van der Waals surface area contributed by atoms with E-state index in [1.807, 2.05) is 12.1 Å². The summed E-state index contributed by atoms with van der Waals surface area (Å²) in [7, 11) is 0. The molecule has 6 heteroatoms. The molecule has 0 saturated heterocycles. The van der Waals surface area contributed by atoms with Crippen molar-refractivity contribution in [2.24, 2.45) is 5.73 Å². The summed E-state index contributed by atoms with van der Waals surface area (Å²) < 4.78 is 5.47. The molecule has 0 atom stereocenters. The molecule has 0 saturated carbocycles. The highest BCUT2D eigenvalue weighted by Crippen LogP contribution is 2.26. The standard InChI is InChI=1S/C14H16N4O2/c1-8-12(13(15)19)14(18-17-8)16-7-9-2-3-11-10(6-9)4-5-20-11/h2-3,6H,4-5,7H2,1H3,(H2,15,19)(H2,16,17,18). The summed E-state index contributed by atoms with van der Waals surface area (Å²) in [6.07, 6.45) is 0.942. The van der Waals surface area contributed by atoms with E-state index in [1.165, 1.54) is 5.56 Å². The van der Waals surface area contributed by atoms with Crippen LogP contribution in [0.5, 0.6) is 5.75 Å². The number of fused-ring (bicyclic) bond motifs is 1. The van der Waals surface area contributed by atoms with Gasteiger partial charge < -0.3 is 15.8 Å². The highest BCUT2D eigenvalue weighted by atomic mass is 16.5. The first-order chi connectivity index (χ1) is 9.65. The normalized spacial score (nSPS) is 12.8. The number of H-pyrrole nitrogens is 1. The second kappa shape index (κ2) is 4.88. The number of hydrogen-bond acceptors (Lipinski definition) is 4. The van der Waals surface area contributed by atoms with Gasteiger partial charge in [-0.25, -0.2) is 0 Å². The number of aryl methyl sites for hydroxylation is 1. The molecule has 6 nitrogen and oxygen atoms in total. The smallest absolute Gasteiger partial charge is 0.254 e. The van der Waals surface area contributed by atoms with Crippen molar-refractivity contribution in [3.05, 3.63) is 40.6 Å². The summed E-state index contributed by atoms with van der Waals surface area (Å²) in [5.41, 5.74) is 8.76. The van der Waals surface area contributed by atoms with Crippen molar-refractivity contribution in [1.82, 2.24) is 10.2 Å². The molecule has 0 unspecified atom stereocenters. The molecule has 0 bridgehead atoms. The van der Waals surface area contributed by atoms with E-state index in [0.717, 1.165) is 24.3 Å². The molecule has 1 aliphatic rings. The van der Waals surface area contributed by atoms with E-state index in [4.69, 9.17) is 10.5 Å². The Morgan fingerprint density at radius 1 is 1.55 bits per heavy atom. The summed E-state index contributed by atoms with van der Waals surface area (Å²) in [6.45, 7) is 3.10. The van der Waals surface area contributed by atoms with E-state index < -0.39 is 5.91 Å². The summed E-state index contributed by atoms with van der Waals surface area (Å²) in [5, 5.41) is 9.96. The van der Waals surface area contributed by atoms with E-state index in [1.54, 1.807) is 6.92 Å². The van der Waals surface area contributed by atoms with E-state index >= 15 is 0 Å². The predicted molar refractivity (Wildman–Crippen MR) is 74.8 cm³/mol. The largest absolute Gasteiger partial charge is 0.493 e. The molecule has 3 rings (SSSR count). The SMILES string of the molecule is Cc1[nH]nc(NCc2ccc3c(c2)CCO3)c1C(N)=O. The molecule has 0 fully saturated rings. The fourth-order valence-corrected chi connectivity index (χ4v) is 2.39. The van der Waals surface area contributed by atoms with E-state index in [2.05, 4.69) is 21.6 Å². The summed E-state index contributed by atoms with van der Waals surface area (Å²) in [6, 6.07) is 6.09. The lowest BCUT2D eigenvalue weighted by Crippen LogP contribution is -2.14. The zero-order valence-electron chi connectivity index (χ0n) is 11.2. The van der Waals surface area contributed by atoms with Gasteiger partial charge in [-0.3, -0.25) is 9.89 Å². The van der Waals surface area contributed by atoms with Crippen molar-refractivity contribution in [3.8, 4) is 5.75 Å². The third kappa shape index (κ3) is 2.20. The van der Waals surface area contributed by atoms with Crippen LogP contribution in [0.25, 0.3) is 0 Å². The molecule has 2 heterocycles. The van der Waals surface area contributed by atoms with Crippen molar-refractivity contribution in [2.75, 3.05) is 11.9 Å². The first-order valence-corrected chi connectivity index (χ1v) is 6.48. The van der Waals surface area contributed by atoms with E-state index in [0.29, 0.717) is 23.6 Å². The number of aromatic amines is 1. The van der Waals surface area contributed by atoms with Gasteiger partial charge in [0.25, 0.3) is 5.91 Å². The maximum atomic E-state index is 11.4. The summed E-state index contributed by atoms with van der Waals surface area (Å²) in [5.74, 6) is 0.968. The lowest BCUT2D eigenvalue weighted by atomic mass is 10.1. The molecule has 2 aromatic rings. The monoisotopic (exact) mass is 272 g/mol. The van der Waals surface area contributed by atoms with Crippen LogP contribution in [0.3, 0.4) is 0 Å². The van der Waals surface area contributed by atoms with Crippen molar-refractivity contribution >= 4 is 11.7 Å². The Labute approximate surface area is 116 Å². The van der Waals surface area contributed by atoms with Gasteiger partial charge in [0.1, 0.15) is 11.3 Å². The minimum absolute atomic E-state index is 0.412. The number of carbonyl (C=O) groups excluding carboxylic acids is 1.